The zero-order valence-corrected chi connectivity index (χ0v) is 12.7. The molecule has 0 saturated carbocycles. The first-order chi connectivity index (χ1) is 10.2. The van der Waals surface area contributed by atoms with Crippen LogP contribution in [0.3, 0.4) is 0 Å². The number of rotatable bonds is 4. The van der Waals surface area contributed by atoms with Gasteiger partial charge in [0.25, 0.3) is 0 Å². The van der Waals surface area contributed by atoms with Crippen molar-refractivity contribution >= 4 is 11.3 Å². The van der Waals surface area contributed by atoms with Crippen molar-refractivity contribution in [2.75, 3.05) is 0 Å². The van der Waals surface area contributed by atoms with Crippen molar-refractivity contribution in [1.29, 1.82) is 0 Å². The lowest BCUT2D eigenvalue weighted by Crippen LogP contribution is -1.93. The molecule has 0 radical (unpaired) electrons. The van der Waals surface area contributed by atoms with Crippen molar-refractivity contribution in [2.24, 2.45) is 0 Å². The van der Waals surface area contributed by atoms with Gasteiger partial charge in [0, 0.05) is 6.42 Å². The highest BCUT2D eigenvalue weighted by atomic mass is 32.1. The zero-order chi connectivity index (χ0) is 14.7. The van der Waals surface area contributed by atoms with Crippen molar-refractivity contribution in [3.05, 3.63) is 76.9 Å². The van der Waals surface area contributed by atoms with E-state index in [1.54, 1.807) is 18.3 Å². The molecule has 3 rings (SSSR count). The summed E-state index contributed by atoms with van der Waals surface area (Å²) in [5, 5.41) is 10.6. The normalized spacial score (nSPS) is 12.3. The van der Waals surface area contributed by atoms with Crippen LogP contribution in [0, 0.1) is 0 Å². The average molecular weight is 295 g/mol. The number of hydrogen-bond donors (Lipinski definition) is 1. The van der Waals surface area contributed by atoms with Crippen LogP contribution < -0.4 is 0 Å². The van der Waals surface area contributed by atoms with Crippen LogP contribution in [0.25, 0.3) is 10.4 Å². The minimum Gasteiger partial charge on any atom is -0.386 e. The predicted molar refractivity (Wildman–Crippen MR) is 87.4 cm³/mol. The maximum absolute atomic E-state index is 9.82. The highest BCUT2D eigenvalue weighted by molar-refractivity contribution is 7.15. The molecule has 0 amide bonds. The topological polar surface area (TPSA) is 33.1 Å². The van der Waals surface area contributed by atoms with Crippen LogP contribution in [0.15, 0.2) is 60.7 Å². The fourth-order valence-electron chi connectivity index (χ4n) is 2.27. The number of benzene rings is 2. The van der Waals surface area contributed by atoms with Crippen molar-refractivity contribution < 1.29 is 5.11 Å². The number of aromatic nitrogens is 1. The third-order valence-electron chi connectivity index (χ3n) is 3.32. The predicted octanol–water partition coefficient (Wildman–Crippen LogP) is 4.45. The standard InChI is InChI=1S/C18H17NOS/c1-13(20)18-19-16(12-14-8-4-2-5-9-14)17(21-18)15-10-6-3-7-11-15/h2-11,13,20H,12H2,1H3. The van der Waals surface area contributed by atoms with Crippen LogP contribution >= 0.6 is 11.3 Å². The van der Waals surface area contributed by atoms with Gasteiger partial charge in [-0.05, 0) is 18.1 Å². The van der Waals surface area contributed by atoms with E-state index < -0.39 is 6.10 Å². The highest BCUT2D eigenvalue weighted by Gasteiger charge is 2.15. The van der Waals surface area contributed by atoms with Gasteiger partial charge in [-0.3, -0.25) is 0 Å². The smallest absolute Gasteiger partial charge is 0.122 e. The maximum atomic E-state index is 9.82. The third-order valence-corrected chi connectivity index (χ3v) is 4.64. The van der Waals surface area contributed by atoms with Crippen LogP contribution in [-0.4, -0.2) is 10.1 Å². The van der Waals surface area contributed by atoms with Gasteiger partial charge in [0.15, 0.2) is 0 Å². The average Bonchev–Trinajstić information content (AvgIpc) is 2.93. The first-order valence-corrected chi connectivity index (χ1v) is 7.82. The van der Waals surface area contributed by atoms with Crippen LogP contribution in [0.2, 0.25) is 0 Å². The summed E-state index contributed by atoms with van der Waals surface area (Å²) in [7, 11) is 0. The molecule has 0 fully saturated rings. The Balaban J connectivity index is 2.02. The summed E-state index contributed by atoms with van der Waals surface area (Å²) in [5.74, 6) is 0. The molecule has 1 unspecified atom stereocenters. The minimum atomic E-state index is -0.526. The fourth-order valence-corrected chi connectivity index (χ4v) is 3.30. The van der Waals surface area contributed by atoms with E-state index in [2.05, 4.69) is 29.2 Å². The van der Waals surface area contributed by atoms with Gasteiger partial charge < -0.3 is 5.11 Å². The quantitative estimate of drug-likeness (QED) is 0.771. The third kappa shape index (κ3) is 3.20. The number of nitrogens with zero attached hydrogens (tertiary/aromatic N) is 1. The Kier molecular flexibility index (Phi) is 4.13. The molecular weight excluding hydrogens is 278 g/mol. The second-order valence-electron chi connectivity index (χ2n) is 5.03. The van der Waals surface area contributed by atoms with Gasteiger partial charge in [-0.1, -0.05) is 60.7 Å². The molecule has 0 spiro atoms. The minimum absolute atomic E-state index is 0.526. The Morgan fingerprint density at radius 2 is 1.62 bits per heavy atom. The van der Waals surface area contributed by atoms with Gasteiger partial charge in [0.2, 0.25) is 0 Å². The SMILES string of the molecule is CC(O)c1nc(Cc2ccccc2)c(-c2ccccc2)s1. The van der Waals surface area contributed by atoms with E-state index in [9.17, 15) is 5.11 Å². The molecule has 1 heterocycles. The van der Waals surface area contributed by atoms with Crippen LogP contribution in [0.4, 0.5) is 0 Å². The van der Waals surface area contributed by atoms with E-state index in [0.717, 1.165) is 27.6 Å². The zero-order valence-electron chi connectivity index (χ0n) is 11.9. The Labute approximate surface area is 128 Å². The number of aliphatic hydroxyl groups is 1. The molecule has 0 bridgehead atoms. The van der Waals surface area contributed by atoms with E-state index in [4.69, 9.17) is 0 Å². The summed E-state index contributed by atoms with van der Waals surface area (Å²) in [5.41, 5.74) is 3.43. The summed E-state index contributed by atoms with van der Waals surface area (Å²) in [6.07, 6.45) is 0.260. The molecule has 0 aliphatic rings. The molecule has 2 nitrogen and oxygen atoms in total. The second kappa shape index (κ2) is 6.20. The molecule has 2 aromatic carbocycles. The maximum Gasteiger partial charge on any atom is 0.122 e. The van der Waals surface area contributed by atoms with Crippen molar-refractivity contribution in [1.82, 2.24) is 4.98 Å². The van der Waals surface area contributed by atoms with Crippen molar-refractivity contribution in [3.8, 4) is 10.4 Å². The van der Waals surface area contributed by atoms with Gasteiger partial charge in [0.05, 0.1) is 10.6 Å². The monoisotopic (exact) mass is 295 g/mol. The lowest BCUT2D eigenvalue weighted by atomic mass is 10.1. The Hall–Kier alpha value is -1.97. The Bertz CT molecular complexity index is 705. The van der Waals surface area contributed by atoms with Gasteiger partial charge in [-0.2, -0.15) is 0 Å². The van der Waals surface area contributed by atoms with Gasteiger partial charge >= 0.3 is 0 Å². The molecule has 1 aromatic heterocycles. The molecule has 1 N–H and O–H groups in total. The van der Waals surface area contributed by atoms with E-state index >= 15 is 0 Å². The lowest BCUT2D eigenvalue weighted by Gasteiger charge is -2.02. The Morgan fingerprint density at radius 1 is 1.00 bits per heavy atom. The lowest BCUT2D eigenvalue weighted by molar-refractivity contribution is 0.198. The van der Waals surface area contributed by atoms with Crippen LogP contribution in [0.5, 0.6) is 0 Å². The molecule has 0 aliphatic carbocycles. The molecule has 21 heavy (non-hydrogen) atoms. The summed E-state index contributed by atoms with van der Waals surface area (Å²) >= 11 is 1.58. The van der Waals surface area contributed by atoms with Gasteiger partial charge in [-0.15, -0.1) is 11.3 Å². The Morgan fingerprint density at radius 3 is 2.24 bits per heavy atom. The molecule has 106 valence electrons. The highest BCUT2D eigenvalue weighted by Crippen LogP contribution is 2.34. The molecular formula is C18H17NOS. The summed E-state index contributed by atoms with van der Waals surface area (Å²) < 4.78 is 0. The second-order valence-corrected chi connectivity index (χ2v) is 6.06. The number of thiazole rings is 1. The fraction of sp³-hybridized carbons (Fsp3) is 0.167. The first kappa shape index (κ1) is 14.0. The van der Waals surface area contributed by atoms with E-state index in [1.807, 2.05) is 36.4 Å². The summed E-state index contributed by atoms with van der Waals surface area (Å²) in [4.78, 5) is 5.80. The van der Waals surface area contributed by atoms with Gasteiger partial charge in [0.1, 0.15) is 11.1 Å². The molecule has 0 saturated heterocycles. The van der Waals surface area contributed by atoms with Crippen molar-refractivity contribution in [3.63, 3.8) is 0 Å². The van der Waals surface area contributed by atoms with Crippen molar-refractivity contribution in [2.45, 2.75) is 19.4 Å². The van der Waals surface area contributed by atoms with Crippen LogP contribution in [0.1, 0.15) is 29.3 Å². The number of hydrogen-bond acceptors (Lipinski definition) is 3. The molecule has 1 atom stereocenters. The summed E-state index contributed by atoms with van der Waals surface area (Å²) in [6.45, 7) is 1.76. The van der Waals surface area contributed by atoms with E-state index in [0.29, 0.717) is 0 Å². The van der Waals surface area contributed by atoms with E-state index in [1.165, 1.54) is 5.56 Å². The number of aliphatic hydroxyl groups excluding tert-OH is 1. The summed E-state index contributed by atoms with van der Waals surface area (Å²) in [6, 6.07) is 20.6. The molecule has 3 aromatic rings. The van der Waals surface area contributed by atoms with E-state index in [-0.39, 0.29) is 0 Å². The van der Waals surface area contributed by atoms with Gasteiger partial charge in [-0.25, -0.2) is 4.98 Å². The van der Waals surface area contributed by atoms with Crippen LogP contribution in [-0.2, 0) is 6.42 Å². The molecule has 3 heteroatoms. The largest absolute Gasteiger partial charge is 0.386 e. The molecule has 0 aliphatic heterocycles. The first-order valence-electron chi connectivity index (χ1n) is 7.01.